The number of anilines is 1. The Labute approximate surface area is 79.2 Å². The van der Waals surface area contributed by atoms with Gasteiger partial charge in [-0.1, -0.05) is 24.3 Å². The highest BCUT2D eigenvalue weighted by atomic mass is 16.5. The molecule has 13 heavy (non-hydrogen) atoms. The molecule has 0 saturated carbocycles. The van der Waals surface area contributed by atoms with Gasteiger partial charge in [-0.2, -0.15) is 0 Å². The summed E-state index contributed by atoms with van der Waals surface area (Å²) < 4.78 is 5.08. The van der Waals surface area contributed by atoms with Gasteiger partial charge in [0.1, 0.15) is 0 Å². The van der Waals surface area contributed by atoms with Crippen molar-refractivity contribution in [1.82, 2.24) is 0 Å². The number of rotatable bonds is 5. The zero-order chi connectivity index (χ0) is 9.52. The second kappa shape index (κ2) is 5.38. The van der Waals surface area contributed by atoms with E-state index in [-0.39, 0.29) is 0 Å². The van der Waals surface area contributed by atoms with E-state index in [9.17, 15) is 0 Å². The van der Waals surface area contributed by atoms with E-state index in [1.165, 1.54) is 5.56 Å². The van der Waals surface area contributed by atoms with Gasteiger partial charge in [-0.05, 0) is 6.07 Å². The lowest BCUT2D eigenvalue weighted by atomic mass is 10.2. The van der Waals surface area contributed by atoms with Crippen LogP contribution in [0.2, 0.25) is 0 Å². The van der Waals surface area contributed by atoms with Crippen LogP contribution in [-0.4, -0.2) is 13.7 Å². The first-order chi connectivity index (χ1) is 6.38. The van der Waals surface area contributed by atoms with Crippen molar-refractivity contribution >= 4 is 5.69 Å². The predicted molar refractivity (Wildman–Crippen MR) is 55.8 cm³/mol. The van der Waals surface area contributed by atoms with Crippen LogP contribution in [0.5, 0.6) is 0 Å². The van der Waals surface area contributed by atoms with Crippen molar-refractivity contribution in [1.29, 1.82) is 0 Å². The van der Waals surface area contributed by atoms with Gasteiger partial charge < -0.3 is 10.1 Å². The topological polar surface area (TPSA) is 21.3 Å². The molecule has 1 aromatic rings. The Bertz CT molecular complexity index is 271. The second-order valence-corrected chi connectivity index (χ2v) is 2.76. The lowest BCUT2D eigenvalue weighted by Crippen LogP contribution is -2.01. The van der Waals surface area contributed by atoms with Crippen LogP contribution in [0.15, 0.2) is 36.9 Å². The van der Waals surface area contributed by atoms with Gasteiger partial charge >= 0.3 is 0 Å². The van der Waals surface area contributed by atoms with E-state index in [4.69, 9.17) is 4.74 Å². The molecule has 0 aliphatic heterocycles. The quantitative estimate of drug-likeness (QED) is 0.697. The zero-order valence-corrected chi connectivity index (χ0v) is 7.92. The van der Waals surface area contributed by atoms with E-state index in [0.717, 1.165) is 12.2 Å². The summed E-state index contributed by atoms with van der Waals surface area (Å²) in [4.78, 5) is 0. The predicted octanol–water partition coefficient (Wildman–Crippen LogP) is 2.43. The lowest BCUT2D eigenvalue weighted by Gasteiger charge is -2.09. The van der Waals surface area contributed by atoms with Gasteiger partial charge in [-0.25, -0.2) is 0 Å². The summed E-state index contributed by atoms with van der Waals surface area (Å²) in [5.41, 5.74) is 2.29. The molecule has 1 N–H and O–H groups in total. The molecule has 0 aromatic heterocycles. The van der Waals surface area contributed by atoms with Crippen molar-refractivity contribution in [3.05, 3.63) is 42.5 Å². The van der Waals surface area contributed by atoms with Crippen LogP contribution >= 0.6 is 0 Å². The van der Waals surface area contributed by atoms with Crippen LogP contribution in [0.1, 0.15) is 5.56 Å². The Kier molecular flexibility index (Phi) is 4.06. The minimum Gasteiger partial charge on any atom is -0.381 e. The zero-order valence-electron chi connectivity index (χ0n) is 7.92. The van der Waals surface area contributed by atoms with Gasteiger partial charge in [0.05, 0.1) is 6.61 Å². The van der Waals surface area contributed by atoms with Gasteiger partial charge in [0.2, 0.25) is 0 Å². The number of hydrogen-bond donors (Lipinski definition) is 1. The van der Waals surface area contributed by atoms with Crippen molar-refractivity contribution in [2.75, 3.05) is 19.0 Å². The average Bonchev–Trinajstić information content (AvgIpc) is 2.17. The Morgan fingerprint density at radius 1 is 1.46 bits per heavy atom. The fourth-order valence-corrected chi connectivity index (χ4v) is 1.16. The Morgan fingerprint density at radius 2 is 2.23 bits per heavy atom. The minimum absolute atomic E-state index is 0.639. The Balaban J connectivity index is 2.71. The number of benzene rings is 1. The Hall–Kier alpha value is -1.28. The van der Waals surface area contributed by atoms with E-state index in [2.05, 4.69) is 18.0 Å². The smallest absolute Gasteiger partial charge is 0.0733 e. The van der Waals surface area contributed by atoms with Crippen molar-refractivity contribution in [3.63, 3.8) is 0 Å². The number of hydrogen-bond acceptors (Lipinski definition) is 2. The van der Waals surface area contributed by atoms with E-state index in [0.29, 0.717) is 6.61 Å². The summed E-state index contributed by atoms with van der Waals surface area (Å²) in [5, 5.41) is 3.25. The largest absolute Gasteiger partial charge is 0.381 e. The van der Waals surface area contributed by atoms with Gasteiger partial charge in [0, 0.05) is 24.9 Å². The average molecular weight is 177 g/mol. The molecule has 0 aliphatic rings. The fraction of sp³-hybridized carbons (Fsp3) is 0.273. The van der Waals surface area contributed by atoms with Gasteiger partial charge in [-0.3, -0.25) is 0 Å². The maximum atomic E-state index is 5.08. The molecule has 1 rings (SSSR count). The first-order valence-corrected chi connectivity index (χ1v) is 4.30. The van der Waals surface area contributed by atoms with Crippen LogP contribution in [0.25, 0.3) is 0 Å². The molecule has 0 bridgehead atoms. The van der Waals surface area contributed by atoms with Crippen molar-refractivity contribution in [3.8, 4) is 0 Å². The third kappa shape index (κ3) is 2.92. The van der Waals surface area contributed by atoms with E-state index in [1.54, 1.807) is 7.11 Å². The normalized spacial score (nSPS) is 9.62. The summed E-state index contributed by atoms with van der Waals surface area (Å²) >= 11 is 0. The van der Waals surface area contributed by atoms with Crippen LogP contribution in [-0.2, 0) is 11.3 Å². The highest BCUT2D eigenvalue weighted by molar-refractivity contribution is 5.51. The van der Waals surface area contributed by atoms with E-state index >= 15 is 0 Å². The molecule has 0 unspecified atom stereocenters. The van der Waals surface area contributed by atoms with Crippen LogP contribution in [0, 0.1) is 0 Å². The number of nitrogens with one attached hydrogen (secondary N) is 1. The standard InChI is InChI=1S/C11H15NO/c1-3-8-12-11-7-5-4-6-10(11)9-13-2/h3-7,12H,1,8-9H2,2H3. The molecule has 0 amide bonds. The number of ether oxygens (including phenoxy) is 1. The van der Waals surface area contributed by atoms with Crippen LogP contribution in [0.4, 0.5) is 5.69 Å². The summed E-state index contributed by atoms with van der Waals surface area (Å²) in [7, 11) is 1.70. The Morgan fingerprint density at radius 3 is 2.92 bits per heavy atom. The highest BCUT2D eigenvalue weighted by Crippen LogP contribution is 2.15. The number of para-hydroxylation sites is 1. The molecule has 0 saturated heterocycles. The third-order valence-corrected chi connectivity index (χ3v) is 1.75. The van der Waals surface area contributed by atoms with Gasteiger partial charge in [0.25, 0.3) is 0 Å². The molecule has 0 spiro atoms. The third-order valence-electron chi connectivity index (χ3n) is 1.75. The molecule has 0 radical (unpaired) electrons. The second-order valence-electron chi connectivity index (χ2n) is 2.76. The van der Waals surface area contributed by atoms with Crippen molar-refractivity contribution in [2.45, 2.75) is 6.61 Å². The summed E-state index contributed by atoms with van der Waals surface area (Å²) in [6.45, 7) is 5.08. The van der Waals surface area contributed by atoms with E-state index < -0.39 is 0 Å². The molecule has 1 aromatic carbocycles. The summed E-state index contributed by atoms with van der Waals surface area (Å²) in [6.07, 6.45) is 1.84. The van der Waals surface area contributed by atoms with E-state index in [1.807, 2.05) is 24.3 Å². The SMILES string of the molecule is C=CCNc1ccccc1COC. The molecule has 0 heterocycles. The molecule has 0 aliphatic carbocycles. The fourth-order valence-electron chi connectivity index (χ4n) is 1.16. The van der Waals surface area contributed by atoms with Gasteiger partial charge in [0.15, 0.2) is 0 Å². The van der Waals surface area contributed by atoms with Crippen LogP contribution < -0.4 is 5.32 Å². The molecule has 2 nitrogen and oxygen atoms in total. The van der Waals surface area contributed by atoms with Crippen molar-refractivity contribution < 1.29 is 4.74 Å². The first kappa shape index (κ1) is 9.81. The number of methoxy groups -OCH3 is 1. The molecular formula is C11H15NO. The highest BCUT2D eigenvalue weighted by Gasteiger charge is 1.98. The van der Waals surface area contributed by atoms with Crippen LogP contribution in [0.3, 0.4) is 0 Å². The molecule has 0 atom stereocenters. The molecule has 0 fully saturated rings. The first-order valence-electron chi connectivity index (χ1n) is 4.30. The van der Waals surface area contributed by atoms with Gasteiger partial charge in [-0.15, -0.1) is 6.58 Å². The minimum atomic E-state index is 0.639. The summed E-state index contributed by atoms with van der Waals surface area (Å²) in [6, 6.07) is 8.10. The monoisotopic (exact) mass is 177 g/mol. The maximum Gasteiger partial charge on any atom is 0.0733 e. The summed E-state index contributed by atoms with van der Waals surface area (Å²) in [5.74, 6) is 0. The molecular weight excluding hydrogens is 162 g/mol. The molecule has 70 valence electrons. The lowest BCUT2D eigenvalue weighted by molar-refractivity contribution is 0.185. The van der Waals surface area contributed by atoms with Crippen molar-refractivity contribution in [2.24, 2.45) is 0 Å². The molecule has 2 heteroatoms. The maximum absolute atomic E-state index is 5.08.